The molecule has 0 saturated carbocycles. The zero-order chi connectivity index (χ0) is 17.1. The van der Waals surface area contributed by atoms with Gasteiger partial charge in [-0.2, -0.15) is 0 Å². The number of aromatic nitrogens is 1. The Hall–Kier alpha value is -2.14. The van der Waals surface area contributed by atoms with Crippen molar-refractivity contribution in [2.45, 2.75) is 50.7 Å². The second-order valence-corrected chi connectivity index (χ2v) is 7.27. The number of hydrogen-bond acceptors (Lipinski definition) is 4. The van der Waals surface area contributed by atoms with Crippen molar-refractivity contribution in [2.24, 2.45) is 0 Å². The molecule has 0 unspecified atom stereocenters. The molecule has 25 heavy (non-hydrogen) atoms. The summed E-state index contributed by atoms with van der Waals surface area (Å²) >= 11 is 0. The van der Waals surface area contributed by atoms with Crippen molar-refractivity contribution in [3.8, 4) is 0 Å². The fourth-order valence-corrected chi connectivity index (χ4v) is 4.34. The lowest BCUT2D eigenvalue weighted by Gasteiger charge is -2.38. The smallest absolute Gasteiger partial charge is 0.223 e. The van der Waals surface area contributed by atoms with Gasteiger partial charge in [-0.1, -0.05) is 0 Å². The molecule has 2 saturated heterocycles. The molecule has 1 spiro atoms. The number of carbonyl (C=O) groups excluding carboxylic acids is 1. The summed E-state index contributed by atoms with van der Waals surface area (Å²) in [6.45, 7) is 3.65. The second kappa shape index (κ2) is 7.00. The van der Waals surface area contributed by atoms with E-state index in [2.05, 4.69) is 14.8 Å². The van der Waals surface area contributed by atoms with Gasteiger partial charge in [0, 0.05) is 37.4 Å². The summed E-state index contributed by atoms with van der Waals surface area (Å²) in [4.78, 5) is 21.3. The van der Waals surface area contributed by atoms with Crippen LogP contribution in [-0.4, -0.2) is 39.3 Å². The van der Waals surface area contributed by atoms with Gasteiger partial charge in [0.25, 0.3) is 0 Å². The summed E-state index contributed by atoms with van der Waals surface area (Å²) in [6, 6.07) is 8.01. The molecule has 1 amide bonds. The van der Waals surface area contributed by atoms with E-state index in [1.54, 1.807) is 18.7 Å². The Balaban J connectivity index is 1.47. The van der Waals surface area contributed by atoms with Gasteiger partial charge in [-0.05, 0) is 62.1 Å². The first-order chi connectivity index (χ1) is 12.3. The van der Waals surface area contributed by atoms with Crippen LogP contribution >= 0.6 is 0 Å². The van der Waals surface area contributed by atoms with Crippen molar-refractivity contribution >= 4 is 5.91 Å². The molecule has 4 heterocycles. The predicted molar refractivity (Wildman–Crippen MR) is 94.6 cm³/mol. The van der Waals surface area contributed by atoms with Gasteiger partial charge in [0.15, 0.2) is 0 Å². The summed E-state index contributed by atoms with van der Waals surface area (Å²) in [7, 11) is 0. The molecule has 5 heteroatoms. The number of hydrogen-bond donors (Lipinski definition) is 0. The zero-order valence-corrected chi connectivity index (χ0v) is 14.6. The quantitative estimate of drug-likeness (QED) is 0.858. The average molecular weight is 339 g/mol. The van der Waals surface area contributed by atoms with Gasteiger partial charge < -0.3 is 9.32 Å². The number of rotatable bonds is 4. The first-order valence-corrected chi connectivity index (χ1v) is 9.19. The molecule has 2 aliphatic heterocycles. The van der Waals surface area contributed by atoms with Gasteiger partial charge in [-0.15, -0.1) is 0 Å². The largest absolute Gasteiger partial charge is 0.468 e. The van der Waals surface area contributed by atoms with E-state index in [-0.39, 0.29) is 5.54 Å². The van der Waals surface area contributed by atoms with Crippen molar-refractivity contribution in [1.29, 1.82) is 0 Å². The molecular weight excluding hydrogens is 314 g/mol. The van der Waals surface area contributed by atoms with E-state index in [1.807, 2.05) is 24.3 Å². The lowest BCUT2D eigenvalue weighted by molar-refractivity contribution is -0.132. The van der Waals surface area contributed by atoms with Gasteiger partial charge >= 0.3 is 0 Å². The second-order valence-electron chi connectivity index (χ2n) is 7.27. The van der Waals surface area contributed by atoms with Gasteiger partial charge in [0.1, 0.15) is 5.76 Å². The van der Waals surface area contributed by atoms with E-state index < -0.39 is 0 Å². The molecule has 0 aromatic carbocycles. The third-order valence-electron chi connectivity index (χ3n) is 5.74. The highest BCUT2D eigenvalue weighted by Gasteiger charge is 2.45. The van der Waals surface area contributed by atoms with Crippen LogP contribution < -0.4 is 0 Å². The Morgan fingerprint density at radius 2 is 1.96 bits per heavy atom. The molecule has 5 nitrogen and oxygen atoms in total. The van der Waals surface area contributed by atoms with E-state index in [9.17, 15) is 4.79 Å². The molecule has 0 aliphatic carbocycles. The lowest BCUT2D eigenvalue weighted by Crippen LogP contribution is -2.45. The van der Waals surface area contributed by atoms with Crippen LogP contribution in [0.1, 0.15) is 43.4 Å². The maximum absolute atomic E-state index is 12.6. The van der Waals surface area contributed by atoms with E-state index >= 15 is 0 Å². The standard InChI is InChI=1S/C20H25N3O2/c24-19-4-8-20(23(19)15-17-5-10-21-11-6-17)7-2-12-22(13-9-20)16-18-3-1-14-25-18/h1,3,5-6,10-11,14H,2,4,7-9,12-13,15-16H2/t20-/m0/s1. The van der Waals surface area contributed by atoms with Crippen molar-refractivity contribution in [1.82, 2.24) is 14.8 Å². The summed E-state index contributed by atoms with van der Waals surface area (Å²) in [5, 5.41) is 0. The Bertz CT molecular complexity index is 701. The molecule has 2 aromatic rings. The minimum atomic E-state index is 0.0261. The molecule has 2 aliphatic rings. The number of furan rings is 1. The maximum Gasteiger partial charge on any atom is 0.223 e. The highest BCUT2D eigenvalue weighted by molar-refractivity contribution is 5.79. The highest BCUT2D eigenvalue weighted by atomic mass is 16.3. The fraction of sp³-hybridized carbons (Fsp3) is 0.500. The average Bonchev–Trinajstić information content (AvgIpc) is 3.18. The molecule has 0 N–H and O–H groups in total. The Kier molecular flexibility index (Phi) is 4.57. The molecule has 1 atom stereocenters. The van der Waals surface area contributed by atoms with Gasteiger partial charge in [0.2, 0.25) is 5.91 Å². The van der Waals surface area contributed by atoms with E-state index in [0.717, 1.165) is 51.1 Å². The maximum atomic E-state index is 12.6. The van der Waals surface area contributed by atoms with Crippen LogP contribution in [0.3, 0.4) is 0 Å². The monoisotopic (exact) mass is 339 g/mol. The van der Waals surface area contributed by atoms with Crippen LogP contribution in [0.5, 0.6) is 0 Å². The highest BCUT2D eigenvalue weighted by Crippen LogP contribution is 2.40. The topological polar surface area (TPSA) is 49.6 Å². The third kappa shape index (κ3) is 3.47. The normalized spacial score (nSPS) is 24.8. The van der Waals surface area contributed by atoms with Crippen LogP contribution in [0.15, 0.2) is 47.3 Å². The third-order valence-corrected chi connectivity index (χ3v) is 5.74. The van der Waals surface area contributed by atoms with Crippen molar-refractivity contribution in [2.75, 3.05) is 13.1 Å². The van der Waals surface area contributed by atoms with E-state index in [4.69, 9.17) is 4.42 Å². The Morgan fingerprint density at radius 1 is 1.08 bits per heavy atom. The number of amides is 1. The molecule has 0 bridgehead atoms. The first-order valence-electron chi connectivity index (χ1n) is 9.19. The fourth-order valence-electron chi connectivity index (χ4n) is 4.34. The number of nitrogens with zero attached hydrogens (tertiary/aromatic N) is 3. The van der Waals surface area contributed by atoms with Crippen LogP contribution in [0, 0.1) is 0 Å². The molecule has 132 valence electrons. The number of pyridine rings is 1. The van der Waals surface area contributed by atoms with E-state index in [1.165, 1.54) is 5.56 Å². The van der Waals surface area contributed by atoms with Crippen LogP contribution in [0.2, 0.25) is 0 Å². The van der Waals surface area contributed by atoms with Gasteiger partial charge in [-0.25, -0.2) is 0 Å². The van der Waals surface area contributed by atoms with Gasteiger partial charge in [-0.3, -0.25) is 14.7 Å². The van der Waals surface area contributed by atoms with Gasteiger partial charge in [0.05, 0.1) is 12.8 Å². The molecule has 2 aromatic heterocycles. The van der Waals surface area contributed by atoms with Crippen LogP contribution in [0.4, 0.5) is 0 Å². The van der Waals surface area contributed by atoms with Crippen molar-refractivity contribution in [3.63, 3.8) is 0 Å². The molecule has 4 rings (SSSR count). The minimum absolute atomic E-state index is 0.0261. The number of likely N-dealkylation sites (tertiary alicyclic amines) is 2. The Labute approximate surface area is 148 Å². The first kappa shape index (κ1) is 16.3. The minimum Gasteiger partial charge on any atom is -0.468 e. The molecular formula is C20H25N3O2. The molecule has 0 radical (unpaired) electrons. The van der Waals surface area contributed by atoms with Crippen LogP contribution in [-0.2, 0) is 17.9 Å². The predicted octanol–water partition coefficient (Wildman–Crippen LogP) is 3.22. The summed E-state index contributed by atoms with van der Waals surface area (Å²) in [5.74, 6) is 1.32. The lowest BCUT2D eigenvalue weighted by atomic mass is 9.87. The zero-order valence-electron chi connectivity index (χ0n) is 14.6. The van der Waals surface area contributed by atoms with Crippen molar-refractivity contribution in [3.05, 3.63) is 54.2 Å². The SMILES string of the molecule is O=C1CC[C@]2(CCCN(Cc3ccco3)CC2)N1Cc1ccncc1. The van der Waals surface area contributed by atoms with E-state index in [0.29, 0.717) is 18.9 Å². The molecule has 2 fully saturated rings. The summed E-state index contributed by atoms with van der Waals surface area (Å²) in [5.41, 5.74) is 1.19. The number of carbonyl (C=O) groups is 1. The summed E-state index contributed by atoms with van der Waals surface area (Å²) in [6.07, 6.45) is 10.3. The van der Waals surface area contributed by atoms with Crippen LogP contribution in [0.25, 0.3) is 0 Å². The van der Waals surface area contributed by atoms with Crippen molar-refractivity contribution < 1.29 is 9.21 Å². The summed E-state index contributed by atoms with van der Waals surface area (Å²) < 4.78 is 5.50. The Morgan fingerprint density at radius 3 is 2.76 bits per heavy atom.